The maximum absolute atomic E-state index is 5.63. The minimum absolute atomic E-state index is 0.337. The molecule has 1 N–H and O–H groups in total. The molecule has 2 saturated heterocycles. The molecule has 2 aliphatic heterocycles. The number of nitrogens with one attached hydrogen (secondary N) is 1. The van der Waals surface area contributed by atoms with E-state index in [2.05, 4.69) is 24.1 Å². The van der Waals surface area contributed by atoms with Gasteiger partial charge in [-0.05, 0) is 26.8 Å². The van der Waals surface area contributed by atoms with E-state index in [0.717, 1.165) is 13.2 Å². The van der Waals surface area contributed by atoms with Gasteiger partial charge in [0.15, 0.2) is 0 Å². The highest BCUT2D eigenvalue weighted by molar-refractivity contribution is 4.83. The summed E-state index contributed by atoms with van der Waals surface area (Å²) in [5.74, 6) is 0.713. The van der Waals surface area contributed by atoms with Crippen LogP contribution < -0.4 is 5.32 Å². The van der Waals surface area contributed by atoms with Crippen molar-refractivity contribution in [3.63, 3.8) is 0 Å². The van der Waals surface area contributed by atoms with Gasteiger partial charge in [-0.15, -0.1) is 0 Å². The third-order valence-corrected chi connectivity index (χ3v) is 3.16. The monoisotopic (exact) mass is 184 g/mol. The van der Waals surface area contributed by atoms with Crippen LogP contribution in [0.3, 0.4) is 0 Å². The summed E-state index contributed by atoms with van der Waals surface area (Å²) >= 11 is 0. The SMILES string of the molecule is CC(C)N1CCC(C2NCCO2)C1. The Kier molecular flexibility index (Phi) is 2.86. The predicted octanol–water partition coefficient (Wildman–Crippen LogP) is 0.663. The third-order valence-electron chi connectivity index (χ3n) is 3.16. The molecule has 2 unspecified atom stereocenters. The Labute approximate surface area is 80.4 Å². The van der Waals surface area contributed by atoms with Gasteiger partial charge in [-0.3, -0.25) is 5.32 Å². The number of hydrogen-bond acceptors (Lipinski definition) is 3. The van der Waals surface area contributed by atoms with Crippen LogP contribution in [-0.2, 0) is 4.74 Å². The summed E-state index contributed by atoms with van der Waals surface area (Å²) in [4.78, 5) is 2.54. The largest absolute Gasteiger partial charge is 0.362 e. The molecule has 13 heavy (non-hydrogen) atoms. The zero-order valence-electron chi connectivity index (χ0n) is 8.62. The highest BCUT2D eigenvalue weighted by atomic mass is 16.5. The van der Waals surface area contributed by atoms with E-state index in [-0.39, 0.29) is 0 Å². The topological polar surface area (TPSA) is 24.5 Å². The van der Waals surface area contributed by atoms with Crippen LogP contribution in [0, 0.1) is 5.92 Å². The van der Waals surface area contributed by atoms with Crippen LogP contribution in [0.15, 0.2) is 0 Å². The van der Waals surface area contributed by atoms with Crippen molar-refractivity contribution in [3.05, 3.63) is 0 Å². The molecule has 3 nitrogen and oxygen atoms in total. The van der Waals surface area contributed by atoms with Crippen molar-refractivity contribution >= 4 is 0 Å². The van der Waals surface area contributed by atoms with Crippen LogP contribution in [0.5, 0.6) is 0 Å². The van der Waals surface area contributed by atoms with Gasteiger partial charge in [-0.25, -0.2) is 0 Å². The van der Waals surface area contributed by atoms with Gasteiger partial charge in [0.1, 0.15) is 6.23 Å². The van der Waals surface area contributed by atoms with Crippen molar-refractivity contribution in [2.45, 2.75) is 32.5 Å². The minimum atomic E-state index is 0.337. The molecule has 76 valence electrons. The lowest BCUT2D eigenvalue weighted by Gasteiger charge is -2.22. The Morgan fingerprint density at radius 1 is 1.46 bits per heavy atom. The average Bonchev–Trinajstić information content (AvgIpc) is 2.75. The van der Waals surface area contributed by atoms with Crippen molar-refractivity contribution in [1.82, 2.24) is 10.2 Å². The number of likely N-dealkylation sites (tertiary alicyclic amines) is 1. The molecule has 0 aliphatic carbocycles. The minimum Gasteiger partial charge on any atom is -0.362 e. The molecule has 0 aromatic heterocycles. The predicted molar refractivity (Wildman–Crippen MR) is 52.6 cm³/mol. The van der Waals surface area contributed by atoms with E-state index in [1.807, 2.05) is 0 Å². The lowest BCUT2D eigenvalue weighted by Crippen LogP contribution is -2.35. The molecular formula is C10H20N2O. The molecule has 2 fully saturated rings. The number of ether oxygens (including phenoxy) is 1. The zero-order chi connectivity index (χ0) is 9.26. The van der Waals surface area contributed by atoms with Gasteiger partial charge >= 0.3 is 0 Å². The Morgan fingerprint density at radius 3 is 2.85 bits per heavy atom. The highest BCUT2D eigenvalue weighted by Gasteiger charge is 2.32. The van der Waals surface area contributed by atoms with Gasteiger partial charge in [0.2, 0.25) is 0 Å². The fraction of sp³-hybridized carbons (Fsp3) is 1.00. The van der Waals surface area contributed by atoms with E-state index in [9.17, 15) is 0 Å². The van der Waals surface area contributed by atoms with E-state index in [0.29, 0.717) is 18.2 Å². The molecule has 0 radical (unpaired) electrons. The van der Waals surface area contributed by atoms with Crippen molar-refractivity contribution in [3.8, 4) is 0 Å². The molecule has 0 amide bonds. The van der Waals surface area contributed by atoms with Crippen LogP contribution >= 0.6 is 0 Å². The second-order valence-corrected chi connectivity index (χ2v) is 4.38. The van der Waals surface area contributed by atoms with Crippen LogP contribution in [0.1, 0.15) is 20.3 Å². The van der Waals surface area contributed by atoms with Gasteiger partial charge in [0, 0.05) is 25.0 Å². The van der Waals surface area contributed by atoms with Crippen molar-refractivity contribution in [2.75, 3.05) is 26.2 Å². The van der Waals surface area contributed by atoms with E-state index in [1.165, 1.54) is 19.5 Å². The molecule has 0 aromatic carbocycles. The number of rotatable bonds is 2. The quantitative estimate of drug-likeness (QED) is 0.682. The van der Waals surface area contributed by atoms with E-state index in [1.54, 1.807) is 0 Å². The maximum Gasteiger partial charge on any atom is 0.112 e. The molecule has 3 heteroatoms. The number of nitrogens with zero attached hydrogens (tertiary/aromatic N) is 1. The molecular weight excluding hydrogens is 164 g/mol. The smallest absolute Gasteiger partial charge is 0.112 e. The first-order chi connectivity index (χ1) is 6.27. The van der Waals surface area contributed by atoms with Crippen LogP contribution in [0.4, 0.5) is 0 Å². The molecule has 0 aromatic rings. The lowest BCUT2D eigenvalue weighted by molar-refractivity contribution is 0.0535. The molecule has 0 bridgehead atoms. The Bertz CT molecular complexity index is 166. The van der Waals surface area contributed by atoms with E-state index < -0.39 is 0 Å². The summed E-state index contributed by atoms with van der Waals surface area (Å²) in [6, 6.07) is 0.686. The summed E-state index contributed by atoms with van der Waals surface area (Å²) in [5.41, 5.74) is 0. The van der Waals surface area contributed by atoms with Crippen molar-refractivity contribution in [2.24, 2.45) is 5.92 Å². The zero-order valence-corrected chi connectivity index (χ0v) is 8.62. The van der Waals surface area contributed by atoms with Crippen molar-refractivity contribution < 1.29 is 4.74 Å². The third kappa shape index (κ3) is 2.03. The van der Waals surface area contributed by atoms with Gasteiger partial charge in [0.05, 0.1) is 6.61 Å². The molecule has 2 atom stereocenters. The Morgan fingerprint density at radius 2 is 2.31 bits per heavy atom. The van der Waals surface area contributed by atoms with E-state index in [4.69, 9.17) is 4.74 Å². The summed E-state index contributed by atoms with van der Waals surface area (Å²) in [6.45, 7) is 8.90. The summed E-state index contributed by atoms with van der Waals surface area (Å²) in [7, 11) is 0. The summed E-state index contributed by atoms with van der Waals surface area (Å²) in [5, 5.41) is 3.41. The molecule has 2 rings (SSSR count). The number of hydrogen-bond donors (Lipinski definition) is 1. The van der Waals surface area contributed by atoms with E-state index >= 15 is 0 Å². The first-order valence-electron chi connectivity index (χ1n) is 5.36. The standard InChI is InChI=1S/C10H20N2O/c1-8(2)12-5-3-9(7-12)10-11-4-6-13-10/h8-11H,3-7H2,1-2H3. The van der Waals surface area contributed by atoms with Crippen molar-refractivity contribution in [1.29, 1.82) is 0 Å². The van der Waals surface area contributed by atoms with Crippen LogP contribution in [0.25, 0.3) is 0 Å². The first-order valence-corrected chi connectivity index (χ1v) is 5.36. The average molecular weight is 184 g/mol. The highest BCUT2D eigenvalue weighted by Crippen LogP contribution is 2.23. The second-order valence-electron chi connectivity index (χ2n) is 4.38. The molecule has 0 spiro atoms. The van der Waals surface area contributed by atoms with Crippen LogP contribution in [-0.4, -0.2) is 43.4 Å². The molecule has 0 saturated carbocycles. The molecule has 2 aliphatic rings. The fourth-order valence-electron chi connectivity index (χ4n) is 2.28. The van der Waals surface area contributed by atoms with Gasteiger partial charge < -0.3 is 9.64 Å². The summed E-state index contributed by atoms with van der Waals surface area (Å²) in [6.07, 6.45) is 1.62. The lowest BCUT2D eigenvalue weighted by atomic mass is 10.1. The maximum atomic E-state index is 5.63. The van der Waals surface area contributed by atoms with Gasteiger partial charge in [0.25, 0.3) is 0 Å². The second kappa shape index (κ2) is 3.95. The Hall–Kier alpha value is -0.120. The van der Waals surface area contributed by atoms with Gasteiger partial charge in [-0.1, -0.05) is 0 Å². The molecule has 2 heterocycles. The fourth-order valence-corrected chi connectivity index (χ4v) is 2.28. The van der Waals surface area contributed by atoms with Crippen LogP contribution in [0.2, 0.25) is 0 Å². The Balaban J connectivity index is 1.83. The van der Waals surface area contributed by atoms with Gasteiger partial charge in [-0.2, -0.15) is 0 Å². The first kappa shape index (κ1) is 9.44. The summed E-state index contributed by atoms with van der Waals surface area (Å²) < 4.78 is 5.63. The normalized spacial score (nSPS) is 36.2.